The number of hydrogen-bond donors (Lipinski definition) is 1. The maximum Gasteiger partial charge on any atom is 0.254 e. The van der Waals surface area contributed by atoms with Gasteiger partial charge in [-0.15, -0.1) is 0 Å². The summed E-state index contributed by atoms with van der Waals surface area (Å²) in [5.41, 5.74) is 1.81. The molecule has 2 amide bonds. The van der Waals surface area contributed by atoms with E-state index in [4.69, 9.17) is 0 Å². The minimum absolute atomic E-state index is 0.00197. The summed E-state index contributed by atoms with van der Waals surface area (Å²) in [6.45, 7) is 8.36. The third kappa shape index (κ3) is 4.71. The van der Waals surface area contributed by atoms with Gasteiger partial charge in [0.05, 0.1) is 6.42 Å². The van der Waals surface area contributed by atoms with Crippen molar-refractivity contribution in [1.29, 1.82) is 0 Å². The van der Waals surface area contributed by atoms with E-state index in [0.717, 1.165) is 17.1 Å². The van der Waals surface area contributed by atoms with Gasteiger partial charge in [0.15, 0.2) is 0 Å². The Morgan fingerprint density at radius 1 is 1.09 bits per heavy atom. The van der Waals surface area contributed by atoms with Crippen molar-refractivity contribution in [2.75, 3.05) is 31.1 Å². The molecule has 1 saturated heterocycles. The Labute approximate surface area is 187 Å². The van der Waals surface area contributed by atoms with Gasteiger partial charge in [-0.25, -0.2) is 4.98 Å². The van der Waals surface area contributed by atoms with Crippen LogP contribution in [-0.2, 0) is 16.0 Å². The fourth-order valence-electron chi connectivity index (χ4n) is 4.01. The van der Waals surface area contributed by atoms with Crippen LogP contribution in [0.25, 0.3) is 5.78 Å². The molecule has 3 aromatic rings. The number of carbonyl (C=O) groups is 2. The first-order chi connectivity index (χ1) is 15.4. The molecule has 9 nitrogen and oxygen atoms in total. The number of carbonyl (C=O) groups excluding carboxylic acids is 2. The highest BCUT2D eigenvalue weighted by Crippen LogP contribution is 2.19. The van der Waals surface area contributed by atoms with Gasteiger partial charge in [0.25, 0.3) is 5.78 Å². The predicted octanol–water partition coefficient (Wildman–Crippen LogP) is 1.46. The quantitative estimate of drug-likeness (QED) is 0.630. The van der Waals surface area contributed by atoms with Crippen molar-refractivity contribution in [2.45, 2.75) is 33.2 Å². The van der Waals surface area contributed by atoms with E-state index in [1.807, 2.05) is 62.1 Å². The van der Waals surface area contributed by atoms with Gasteiger partial charge in [0.1, 0.15) is 18.2 Å². The zero-order valence-corrected chi connectivity index (χ0v) is 18.7. The van der Waals surface area contributed by atoms with Crippen molar-refractivity contribution in [2.24, 2.45) is 5.92 Å². The van der Waals surface area contributed by atoms with Crippen LogP contribution in [0.5, 0.6) is 0 Å². The molecule has 168 valence electrons. The van der Waals surface area contributed by atoms with E-state index in [-0.39, 0.29) is 24.2 Å². The average Bonchev–Trinajstić information content (AvgIpc) is 3.25. The minimum Gasteiger partial charge on any atom is -0.353 e. The lowest BCUT2D eigenvalue weighted by Crippen LogP contribution is -2.56. The smallest absolute Gasteiger partial charge is 0.254 e. The van der Waals surface area contributed by atoms with Gasteiger partial charge in [0.2, 0.25) is 11.8 Å². The van der Waals surface area contributed by atoms with E-state index >= 15 is 0 Å². The molecule has 0 bridgehead atoms. The molecule has 0 saturated carbocycles. The Balaban J connectivity index is 1.39. The fourth-order valence-corrected chi connectivity index (χ4v) is 4.01. The van der Waals surface area contributed by atoms with Crippen molar-refractivity contribution < 1.29 is 9.59 Å². The zero-order valence-electron chi connectivity index (χ0n) is 18.7. The highest BCUT2D eigenvalue weighted by Gasteiger charge is 2.31. The van der Waals surface area contributed by atoms with Crippen LogP contribution in [0, 0.1) is 12.8 Å². The maximum absolute atomic E-state index is 13.3. The lowest BCUT2D eigenvalue weighted by Gasteiger charge is -2.38. The summed E-state index contributed by atoms with van der Waals surface area (Å²) in [6.07, 6.45) is 1.76. The Kier molecular flexibility index (Phi) is 6.34. The van der Waals surface area contributed by atoms with Crippen LogP contribution in [0.3, 0.4) is 0 Å². The van der Waals surface area contributed by atoms with E-state index in [1.54, 1.807) is 4.52 Å². The Morgan fingerprint density at radius 3 is 2.50 bits per heavy atom. The van der Waals surface area contributed by atoms with Gasteiger partial charge in [-0.3, -0.25) is 9.59 Å². The summed E-state index contributed by atoms with van der Waals surface area (Å²) in [5, 5.41) is 7.24. The molecule has 0 aliphatic carbocycles. The van der Waals surface area contributed by atoms with Gasteiger partial charge < -0.3 is 15.1 Å². The lowest BCUT2D eigenvalue weighted by atomic mass is 10.0. The molecule has 2 aromatic heterocycles. The normalized spacial score (nSPS) is 15.2. The summed E-state index contributed by atoms with van der Waals surface area (Å²) in [6, 6.07) is 11.0. The molecule has 1 aliphatic heterocycles. The summed E-state index contributed by atoms with van der Waals surface area (Å²) >= 11 is 0. The van der Waals surface area contributed by atoms with Crippen molar-refractivity contribution in [1.82, 2.24) is 29.8 Å². The molecule has 1 unspecified atom stereocenters. The third-order valence-corrected chi connectivity index (χ3v) is 5.73. The number of fused-ring (bicyclic) bond motifs is 1. The number of rotatable bonds is 6. The monoisotopic (exact) mass is 435 g/mol. The molecule has 1 N–H and O–H groups in total. The molecule has 1 aliphatic rings. The van der Waals surface area contributed by atoms with Crippen LogP contribution in [-0.4, -0.2) is 68.5 Å². The van der Waals surface area contributed by atoms with Gasteiger partial charge in [-0.1, -0.05) is 44.2 Å². The molecule has 4 rings (SSSR count). The first kappa shape index (κ1) is 21.7. The van der Waals surface area contributed by atoms with Gasteiger partial charge >= 0.3 is 0 Å². The van der Waals surface area contributed by atoms with E-state index in [0.29, 0.717) is 32.0 Å². The Bertz CT molecular complexity index is 1090. The summed E-state index contributed by atoms with van der Waals surface area (Å²) in [7, 11) is 0. The standard InChI is InChI=1S/C23H29N7O2/c1-16(2)21(27-19(31)14-18-7-5-4-6-8-18)22(32)29-11-9-28(10-12-29)20-13-17(3)26-23-24-15-25-30(20)23/h4-8,13,15-16,21H,9-12,14H2,1-3H3,(H,27,31). The molecular formula is C23H29N7O2. The molecule has 9 heteroatoms. The molecule has 3 heterocycles. The highest BCUT2D eigenvalue weighted by atomic mass is 16.2. The zero-order chi connectivity index (χ0) is 22.7. The van der Waals surface area contributed by atoms with Gasteiger partial charge in [-0.05, 0) is 18.4 Å². The number of aromatic nitrogens is 4. The van der Waals surface area contributed by atoms with Crippen LogP contribution in [0.1, 0.15) is 25.1 Å². The van der Waals surface area contributed by atoms with Crippen LogP contribution in [0.4, 0.5) is 5.82 Å². The third-order valence-electron chi connectivity index (χ3n) is 5.73. The van der Waals surface area contributed by atoms with Crippen LogP contribution in [0.15, 0.2) is 42.7 Å². The molecule has 32 heavy (non-hydrogen) atoms. The number of nitrogens with one attached hydrogen (secondary N) is 1. The largest absolute Gasteiger partial charge is 0.353 e. The molecule has 0 radical (unpaired) electrons. The SMILES string of the molecule is Cc1cc(N2CCN(C(=O)C(NC(=O)Cc3ccccc3)C(C)C)CC2)n2ncnc2n1. The number of aryl methyl sites for hydroxylation is 1. The van der Waals surface area contributed by atoms with E-state index in [2.05, 4.69) is 25.3 Å². The Morgan fingerprint density at radius 2 is 1.81 bits per heavy atom. The maximum atomic E-state index is 13.3. The van der Waals surface area contributed by atoms with Crippen molar-refractivity contribution in [3.63, 3.8) is 0 Å². The van der Waals surface area contributed by atoms with E-state index < -0.39 is 6.04 Å². The van der Waals surface area contributed by atoms with Crippen molar-refractivity contribution in [3.05, 3.63) is 54.0 Å². The molecular weight excluding hydrogens is 406 g/mol. The van der Waals surface area contributed by atoms with E-state index in [9.17, 15) is 9.59 Å². The first-order valence-corrected chi connectivity index (χ1v) is 11.0. The summed E-state index contributed by atoms with van der Waals surface area (Å²) in [5.74, 6) is 1.33. The van der Waals surface area contributed by atoms with E-state index in [1.165, 1.54) is 6.33 Å². The van der Waals surface area contributed by atoms with Crippen LogP contribution < -0.4 is 10.2 Å². The fraction of sp³-hybridized carbons (Fsp3) is 0.435. The molecule has 0 spiro atoms. The first-order valence-electron chi connectivity index (χ1n) is 11.0. The van der Waals surface area contributed by atoms with Gasteiger partial charge in [0, 0.05) is 37.9 Å². The number of amides is 2. The number of hydrogen-bond acceptors (Lipinski definition) is 6. The second-order valence-corrected chi connectivity index (χ2v) is 8.49. The summed E-state index contributed by atoms with van der Waals surface area (Å²) < 4.78 is 1.73. The van der Waals surface area contributed by atoms with Crippen molar-refractivity contribution in [3.8, 4) is 0 Å². The average molecular weight is 436 g/mol. The molecule has 1 aromatic carbocycles. The van der Waals surface area contributed by atoms with Gasteiger partial charge in [-0.2, -0.15) is 14.6 Å². The predicted molar refractivity (Wildman–Crippen MR) is 121 cm³/mol. The minimum atomic E-state index is -0.539. The highest BCUT2D eigenvalue weighted by molar-refractivity contribution is 5.88. The number of piperazine rings is 1. The number of anilines is 1. The Hall–Kier alpha value is -3.49. The number of nitrogens with zero attached hydrogens (tertiary/aromatic N) is 6. The molecule has 1 atom stereocenters. The second-order valence-electron chi connectivity index (χ2n) is 8.49. The number of benzene rings is 1. The molecule has 1 fully saturated rings. The van der Waals surface area contributed by atoms with Crippen molar-refractivity contribution >= 4 is 23.4 Å². The lowest BCUT2D eigenvalue weighted by molar-refractivity contribution is -0.137. The summed E-state index contributed by atoms with van der Waals surface area (Å²) in [4.78, 5) is 38.4. The van der Waals surface area contributed by atoms with Crippen LogP contribution >= 0.6 is 0 Å². The second kappa shape index (κ2) is 9.33. The topological polar surface area (TPSA) is 95.7 Å². The van der Waals surface area contributed by atoms with Crippen LogP contribution in [0.2, 0.25) is 0 Å².